The molecule has 4 rings (SSSR count). The third-order valence-electron chi connectivity index (χ3n) is 7.53. The van der Waals surface area contributed by atoms with Gasteiger partial charge >= 0.3 is 18.4 Å². The predicted octanol–water partition coefficient (Wildman–Crippen LogP) is 8.98. The molecule has 1 fully saturated rings. The zero-order valence-corrected chi connectivity index (χ0v) is 26.4. The van der Waals surface area contributed by atoms with E-state index in [4.69, 9.17) is 13.9 Å². The van der Waals surface area contributed by atoms with E-state index >= 15 is 0 Å². The summed E-state index contributed by atoms with van der Waals surface area (Å²) in [7, 11) is 0. The second-order valence-electron chi connectivity index (χ2n) is 12.3. The van der Waals surface area contributed by atoms with E-state index in [1.807, 2.05) is 0 Å². The number of carbonyl (C=O) groups is 2. The minimum absolute atomic E-state index is 0.209. The van der Waals surface area contributed by atoms with Crippen LogP contribution in [0.25, 0.3) is 11.6 Å². The molecule has 0 radical (unpaired) electrons. The lowest BCUT2D eigenvalue weighted by Gasteiger charge is -2.31. The van der Waals surface area contributed by atoms with Crippen molar-refractivity contribution in [2.24, 2.45) is 5.41 Å². The molecule has 0 unspecified atom stereocenters. The average molecular weight is 681 g/mol. The number of allylic oxidation sites excluding steroid dienone is 1. The number of rotatable bonds is 13. The molecule has 1 atom stereocenters. The Morgan fingerprint density at radius 2 is 1.69 bits per heavy atom. The zero-order chi connectivity index (χ0) is 35.5. The second-order valence-corrected chi connectivity index (χ2v) is 12.3. The predicted molar refractivity (Wildman–Crippen MR) is 162 cm³/mol. The van der Waals surface area contributed by atoms with Gasteiger partial charge in [0.2, 0.25) is 5.60 Å². The van der Waals surface area contributed by atoms with Crippen LogP contribution in [0, 0.1) is 5.41 Å². The highest BCUT2D eigenvalue weighted by Gasteiger charge is 2.61. The summed E-state index contributed by atoms with van der Waals surface area (Å²) in [5, 5.41) is 9.39. The maximum Gasteiger partial charge on any atom is 0.426 e. The molecule has 0 bridgehead atoms. The summed E-state index contributed by atoms with van der Waals surface area (Å²) in [5.74, 6) is -2.86. The normalized spacial score (nSPS) is 15.7. The molecule has 2 aromatic heterocycles. The van der Waals surface area contributed by atoms with E-state index in [1.54, 1.807) is 18.2 Å². The minimum atomic E-state index is -5.16. The van der Waals surface area contributed by atoms with Gasteiger partial charge in [-0.25, -0.2) is 9.78 Å². The van der Waals surface area contributed by atoms with Crippen molar-refractivity contribution < 1.29 is 49.8 Å². The number of amides is 1. The molecule has 3 aromatic rings. The number of alkyl halides is 6. The smallest absolute Gasteiger partial charge is 0.426 e. The molecule has 1 N–H and O–H groups in total. The van der Waals surface area contributed by atoms with Gasteiger partial charge in [-0.1, -0.05) is 42.5 Å². The van der Waals surface area contributed by atoms with Crippen molar-refractivity contribution in [3.8, 4) is 11.6 Å². The summed E-state index contributed by atoms with van der Waals surface area (Å²) in [6, 6.07) is 8.38. The van der Waals surface area contributed by atoms with E-state index in [2.05, 4.69) is 33.7 Å². The van der Waals surface area contributed by atoms with Gasteiger partial charge in [0.25, 0.3) is 11.8 Å². The second kappa shape index (κ2) is 13.5. The van der Waals surface area contributed by atoms with Gasteiger partial charge in [0, 0.05) is 11.8 Å². The molecule has 15 heteroatoms. The number of Topliss-reactive ketones (excluding diaryl/α,β-unsaturated/α-hetero) is 1. The number of carbonyl (C=O) groups excluding carboxylic acids is 2. The van der Waals surface area contributed by atoms with Crippen LogP contribution in [0.5, 0.6) is 0 Å². The lowest BCUT2D eigenvalue weighted by molar-refractivity contribution is -0.295. The molecular weight excluding hydrogens is 646 g/mol. The van der Waals surface area contributed by atoms with Gasteiger partial charge in [-0.2, -0.15) is 26.3 Å². The molecule has 48 heavy (non-hydrogen) atoms. The highest BCUT2D eigenvalue weighted by atomic mass is 19.4. The van der Waals surface area contributed by atoms with Crippen molar-refractivity contribution in [2.45, 2.75) is 83.0 Å². The van der Waals surface area contributed by atoms with Gasteiger partial charge in [0.1, 0.15) is 11.3 Å². The molecule has 1 aliphatic rings. The van der Waals surface area contributed by atoms with E-state index in [1.165, 1.54) is 39.0 Å². The number of anilines is 1. The third kappa shape index (κ3) is 7.94. The van der Waals surface area contributed by atoms with Crippen LogP contribution < -0.4 is 5.32 Å². The number of pyridine rings is 1. The van der Waals surface area contributed by atoms with Gasteiger partial charge in [-0.15, -0.1) is 23.4 Å². The first-order chi connectivity index (χ1) is 22.4. The van der Waals surface area contributed by atoms with Gasteiger partial charge in [-0.05, 0) is 58.1 Å². The number of hydrogen-bond acceptors (Lipinski definition) is 8. The number of nitrogens with one attached hydrogen (secondary N) is 1. The maximum absolute atomic E-state index is 14.8. The topological polar surface area (TPSA) is 116 Å². The highest BCUT2D eigenvalue weighted by molar-refractivity contribution is 6.03. The Labute approximate surface area is 272 Å². The largest absolute Gasteiger partial charge is 0.444 e. The molecule has 0 spiro atoms. The fourth-order valence-electron chi connectivity index (χ4n) is 4.94. The fourth-order valence-corrected chi connectivity index (χ4v) is 4.94. The van der Waals surface area contributed by atoms with Crippen LogP contribution in [0.15, 0.2) is 66.1 Å². The Hall–Kier alpha value is -4.53. The summed E-state index contributed by atoms with van der Waals surface area (Å²) in [6.45, 7) is 11.0. The molecule has 0 saturated heterocycles. The molecule has 2 heterocycles. The van der Waals surface area contributed by atoms with Gasteiger partial charge in [0.15, 0.2) is 11.5 Å². The summed E-state index contributed by atoms with van der Waals surface area (Å²) in [4.78, 5) is 30.3. The van der Waals surface area contributed by atoms with E-state index in [-0.39, 0.29) is 6.42 Å². The monoisotopic (exact) mass is 680 g/mol. The number of nitrogens with zero attached hydrogens (tertiary/aromatic N) is 3. The first-order valence-corrected chi connectivity index (χ1v) is 14.8. The van der Waals surface area contributed by atoms with Crippen LogP contribution in [-0.4, -0.2) is 38.8 Å². The summed E-state index contributed by atoms with van der Waals surface area (Å²) < 4.78 is 104. The molecule has 1 aromatic carbocycles. The Morgan fingerprint density at radius 1 is 1.02 bits per heavy atom. The average Bonchev–Trinajstić information content (AvgIpc) is 3.62. The molecule has 9 nitrogen and oxygen atoms in total. The lowest BCUT2D eigenvalue weighted by Crippen LogP contribution is -2.45. The maximum atomic E-state index is 14.8. The molecule has 1 saturated carbocycles. The lowest BCUT2D eigenvalue weighted by atomic mass is 9.90. The number of benzene rings is 1. The van der Waals surface area contributed by atoms with Crippen LogP contribution >= 0.6 is 0 Å². The Bertz CT molecular complexity index is 1660. The third-order valence-corrected chi connectivity index (χ3v) is 7.53. The molecule has 0 aliphatic heterocycles. The number of hydrogen-bond donors (Lipinski definition) is 1. The number of ketones is 1. The van der Waals surface area contributed by atoms with Gasteiger partial charge in [0.05, 0.1) is 17.9 Å². The van der Waals surface area contributed by atoms with E-state index in [0.717, 1.165) is 6.08 Å². The zero-order valence-electron chi connectivity index (χ0n) is 26.4. The molecule has 1 aliphatic carbocycles. The Morgan fingerprint density at radius 3 is 2.23 bits per heavy atom. The molecule has 1 amide bonds. The van der Waals surface area contributed by atoms with Crippen molar-refractivity contribution >= 4 is 17.6 Å². The Kier molecular flexibility index (Phi) is 10.2. The van der Waals surface area contributed by atoms with Crippen molar-refractivity contribution in [1.82, 2.24) is 15.2 Å². The molecular formula is C33H34F6N4O5. The van der Waals surface area contributed by atoms with Crippen LogP contribution in [-0.2, 0) is 27.9 Å². The number of halogens is 6. The van der Waals surface area contributed by atoms with Crippen molar-refractivity contribution in [3.05, 3.63) is 84.4 Å². The fraction of sp³-hybridized carbons (Fsp3) is 0.424. The number of aromatic nitrogens is 3. The highest BCUT2D eigenvalue weighted by Crippen LogP contribution is 2.53. The molecule has 258 valence electrons. The van der Waals surface area contributed by atoms with Crippen molar-refractivity contribution in [3.63, 3.8) is 0 Å². The van der Waals surface area contributed by atoms with Crippen LogP contribution in [0.4, 0.5) is 36.8 Å². The number of ether oxygens (including phenoxy) is 2. The van der Waals surface area contributed by atoms with Crippen molar-refractivity contribution in [1.29, 1.82) is 0 Å². The van der Waals surface area contributed by atoms with E-state index in [9.17, 15) is 35.9 Å². The van der Waals surface area contributed by atoms with E-state index < -0.39 is 88.3 Å². The van der Waals surface area contributed by atoms with Gasteiger partial charge in [-0.3, -0.25) is 10.1 Å². The van der Waals surface area contributed by atoms with Crippen LogP contribution in [0.3, 0.4) is 0 Å². The van der Waals surface area contributed by atoms with Crippen molar-refractivity contribution in [2.75, 3.05) is 5.32 Å². The first-order valence-electron chi connectivity index (χ1n) is 14.8. The van der Waals surface area contributed by atoms with Crippen LogP contribution in [0.2, 0.25) is 0 Å². The van der Waals surface area contributed by atoms with E-state index in [0.29, 0.717) is 30.9 Å². The summed E-state index contributed by atoms with van der Waals surface area (Å²) in [6.07, 6.45) is -8.78. The summed E-state index contributed by atoms with van der Waals surface area (Å²) in [5.41, 5.74) is -8.96. The standard InChI is InChI=1S/C33H34F6N4O5/c1-6-8-15-30(16-17-30)25(44)23-21(32(34,35)36)18-22(40-28(45)48-29(3,4)5)24(41-23)26-42-43-27(47-26)31(14-7-2,33(37,38)39)46-19-20-12-10-9-11-13-20/h6-7,9-13,18H,1-2,8,14-17,19H2,3-5H3,(H,40,45)/t31-/m1/s1. The Balaban J connectivity index is 1.90. The quantitative estimate of drug-likeness (QED) is 0.108. The van der Waals surface area contributed by atoms with Crippen LogP contribution in [0.1, 0.15) is 80.4 Å². The minimum Gasteiger partial charge on any atom is -0.444 e. The SMILES string of the molecule is C=CCCC1(C(=O)c2nc(-c3nnc([C@@](CC=C)(OCc4ccccc4)C(F)(F)F)o3)c(NC(=O)OC(C)(C)C)cc2C(F)(F)F)CC1. The van der Waals surface area contributed by atoms with Gasteiger partial charge < -0.3 is 13.9 Å². The summed E-state index contributed by atoms with van der Waals surface area (Å²) >= 11 is 0. The first kappa shape index (κ1) is 36.3.